The molecule has 2 aromatic heterocycles. The van der Waals surface area contributed by atoms with Gasteiger partial charge in [-0.1, -0.05) is 23.3 Å². The Balaban J connectivity index is 1.63. The number of carbonyl (C=O) groups is 1. The van der Waals surface area contributed by atoms with Crippen LogP contribution in [-0.4, -0.2) is 37.3 Å². The highest BCUT2D eigenvalue weighted by Crippen LogP contribution is 2.15. The van der Waals surface area contributed by atoms with Gasteiger partial charge in [-0.3, -0.25) is 4.79 Å². The number of benzene rings is 1. The van der Waals surface area contributed by atoms with E-state index < -0.39 is 0 Å². The van der Waals surface area contributed by atoms with Crippen LogP contribution in [0, 0.1) is 0 Å². The van der Waals surface area contributed by atoms with Crippen LogP contribution in [0.1, 0.15) is 5.56 Å². The van der Waals surface area contributed by atoms with E-state index in [-0.39, 0.29) is 18.4 Å². The van der Waals surface area contributed by atoms with Crippen LogP contribution in [0.3, 0.4) is 0 Å². The number of nitrogens with two attached hydrogens (primary N) is 1. The van der Waals surface area contributed by atoms with Crippen LogP contribution in [0.15, 0.2) is 35.6 Å². The quantitative estimate of drug-likeness (QED) is 0.455. The summed E-state index contributed by atoms with van der Waals surface area (Å²) in [6.45, 7) is -0.102. The number of hydrogen-bond acceptors (Lipinski definition) is 6. The van der Waals surface area contributed by atoms with Crippen LogP contribution >= 0.6 is 0 Å². The summed E-state index contributed by atoms with van der Waals surface area (Å²) in [5, 5.41) is 15.7. The standard InChI is InChI=1S/C12H12N8O/c13-12-17-19-20(18-12)7-11(21)16-15-6-8-5-14-10-4-2-1-3-9(8)10/h1-6,14H,7H2,(H2,13,18)(H,16,21)/b15-6+. The van der Waals surface area contributed by atoms with E-state index in [2.05, 4.69) is 30.9 Å². The van der Waals surface area contributed by atoms with E-state index in [1.807, 2.05) is 30.5 Å². The molecule has 106 valence electrons. The van der Waals surface area contributed by atoms with Gasteiger partial charge in [-0.15, -0.1) is 5.10 Å². The predicted molar refractivity (Wildman–Crippen MR) is 76.3 cm³/mol. The molecule has 0 bridgehead atoms. The lowest BCUT2D eigenvalue weighted by atomic mass is 10.2. The summed E-state index contributed by atoms with van der Waals surface area (Å²) < 4.78 is 0. The molecule has 0 aliphatic carbocycles. The minimum Gasteiger partial charge on any atom is -0.365 e. The average molecular weight is 284 g/mol. The van der Waals surface area contributed by atoms with Gasteiger partial charge in [0.15, 0.2) is 0 Å². The molecule has 0 fully saturated rings. The van der Waals surface area contributed by atoms with E-state index in [0.29, 0.717) is 0 Å². The number of tetrazole rings is 1. The normalized spacial score (nSPS) is 11.2. The largest absolute Gasteiger partial charge is 0.365 e. The van der Waals surface area contributed by atoms with Crippen molar-refractivity contribution in [2.45, 2.75) is 6.54 Å². The van der Waals surface area contributed by atoms with Gasteiger partial charge in [-0.25, -0.2) is 5.43 Å². The molecule has 0 aliphatic heterocycles. The van der Waals surface area contributed by atoms with Crippen molar-refractivity contribution in [1.82, 2.24) is 30.6 Å². The number of anilines is 1. The van der Waals surface area contributed by atoms with Gasteiger partial charge in [-0.2, -0.15) is 9.90 Å². The number of hydrazone groups is 1. The lowest BCUT2D eigenvalue weighted by molar-refractivity contribution is -0.122. The molecule has 0 spiro atoms. The van der Waals surface area contributed by atoms with Gasteiger partial charge in [0, 0.05) is 22.7 Å². The van der Waals surface area contributed by atoms with E-state index >= 15 is 0 Å². The third-order valence-corrected chi connectivity index (χ3v) is 2.77. The van der Waals surface area contributed by atoms with Crippen molar-refractivity contribution < 1.29 is 4.79 Å². The summed E-state index contributed by atoms with van der Waals surface area (Å²) in [6.07, 6.45) is 3.39. The first-order valence-electron chi connectivity index (χ1n) is 6.13. The highest BCUT2D eigenvalue weighted by molar-refractivity contribution is 5.99. The third-order valence-electron chi connectivity index (χ3n) is 2.77. The molecule has 9 nitrogen and oxygen atoms in total. The third kappa shape index (κ3) is 2.86. The molecule has 1 aromatic carbocycles. The first-order valence-corrected chi connectivity index (χ1v) is 6.13. The van der Waals surface area contributed by atoms with E-state index in [9.17, 15) is 4.79 Å². The van der Waals surface area contributed by atoms with Gasteiger partial charge < -0.3 is 10.7 Å². The molecule has 3 rings (SSSR count). The van der Waals surface area contributed by atoms with Gasteiger partial charge in [0.25, 0.3) is 11.9 Å². The number of nitrogen functional groups attached to an aromatic ring is 1. The van der Waals surface area contributed by atoms with Gasteiger partial charge >= 0.3 is 0 Å². The van der Waals surface area contributed by atoms with Crippen molar-refractivity contribution >= 4 is 29.0 Å². The molecule has 9 heteroatoms. The number of amides is 1. The SMILES string of the molecule is Nc1nnn(CC(=O)N/N=C/c2c[nH]c3ccccc23)n1. The molecule has 0 saturated carbocycles. The zero-order chi connectivity index (χ0) is 14.7. The number of fused-ring (bicyclic) bond motifs is 1. The maximum atomic E-state index is 11.6. The zero-order valence-electron chi connectivity index (χ0n) is 10.9. The van der Waals surface area contributed by atoms with Crippen molar-refractivity contribution in [1.29, 1.82) is 0 Å². The Morgan fingerprint density at radius 1 is 1.48 bits per heavy atom. The number of nitrogens with zero attached hydrogens (tertiary/aromatic N) is 5. The Morgan fingerprint density at radius 3 is 3.14 bits per heavy atom. The van der Waals surface area contributed by atoms with Crippen LogP contribution in [0.5, 0.6) is 0 Å². The van der Waals surface area contributed by atoms with Crippen molar-refractivity contribution in [3.8, 4) is 0 Å². The van der Waals surface area contributed by atoms with Crippen molar-refractivity contribution in [2.24, 2.45) is 5.10 Å². The fourth-order valence-electron chi connectivity index (χ4n) is 1.86. The maximum Gasteiger partial charge on any atom is 0.263 e. The molecule has 0 saturated heterocycles. The highest BCUT2D eigenvalue weighted by Gasteiger charge is 2.05. The van der Waals surface area contributed by atoms with Gasteiger partial charge in [-0.05, 0) is 11.3 Å². The first-order chi connectivity index (χ1) is 10.2. The predicted octanol–water partition coefficient (Wildman–Crippen LogP) is -0.113. The molecule has 0 aliphatic rings. The number of aromatic amines is 1. The molecule has 1 amide bonds. The lowest BCUT2D eigenvalue weighted by Crippen LogP contribution is -2.24. The minimum absolute atomic E-state index is 0.0186. The van der Waals surface area contributed by atoms with E-state index in [0.717, 1.165) is 21.3 Å². The molecule has 3 aromatic rings. The number of carbonyl (C=O) groups excluding carboxylic acids is 1. The Labute approximate surface area is 118 Å². The Kier molecular flexibility index (Phi) is 3.29. The molecule has 21 heavy (non-hydrogen) atoms. The summed E-state index contributed by atoms with van der Waals surface area (Å²) >= 11 is 0. The molecule has 0 radical (unpaired) electrons. The van der Waals surface area contributed by atoms with Crippen LogP contribution in [-0.2, 0) is 11.3 Å². The second-order valence-electron chi connectivity index (χ2n) is 4.26. The number of H-pyrrole nitrogens is 1. The van der Waals surface area contributed by atoms with Crippen molar-refractivity contribution in [3.63, 3.8) is 0 Å². The smallest absolute Gasteiger partial charge is 0.263 e. The topological polar surface area (TPSA) is 127 Å². The molecular formula is C12H12N8O. The molecular weight excluding hydrogens is 272 g/mol. The Hall–Kier alpha value is -3.23. The van der Waals surface area contributed by atoms with Crippen LogP contribution in [0.25, 0.3) is 10.9 Å². The van der Waals surface area contributed by atoms with Crippen LogP contribution < -0.4 is 11.2 Å². The lowest BCUT2D eigenvalue weighted by Gasteiger charge is -1.97. The summed E-state index contributed by atoms with van der Waals surface area (Å²) in [5.41, 5.74) is 9.58. The minimum atomic E-state index is -0.372. The van der Waals surface area contributed by atoms with Crippen molar-refractivity contribution in [3.05, 3.63) is 36.0 Å². The van der Waals surface area contributed by atoms with Gasteiger partial charge in [0.05, 0.1) is 6.21 Å². The Morgan fingerprint density at radius 2 is 2.33 bits per heavy atom. The summed E-state index contributed by atoms with van der Waals surface area (Å²) in [6, 6.07) is 7.81. The molecule has 4 N–H and O–H groups in total. The average Bonchev–Trinajstić information content (AvgIpc) is 3.06. The fraction of sp³-hybridized carbons (Fsp3) is 0.0833. The van der Waals surface area contributed by atoms with Gasteiger partial charge in [0.1, 0.15) is 6.54 Å². The summed E-state index contributed by atoms with van der Waals surface area (Å²) in [7, 11) is 0. The molecule has 0 unspecified atom stereocenters. The van der Waals surface area contributed by atoms with E-state index in [1.165, 1.54) is 0 Å². The number of hydrogen-bond donors (Lipinski definition) is 3. The number of aromatic nitrogens is 5. The fourth-order valence-corrected chi connectivity index (χ4v) is 1.86. The van der Waals surface area contributed by atoms with Crippen LogP contribution in [0.2, 0.25) is 0 Å². The zero-order valence-corrected chi connectivity index (χ0v) is 10.9. The molecule has 2 heterocycles. The number of para-hydroxylation sites is 1. The summed E-state index contributed by atoms with van der Waals surface area (Å²) in [4.78, 5) is 15.8. The Bertz CT molecular complexity index is 802. The number of rotatable bonds is 4. The van der Waals surface area contributed by atoms with Crippen LogP contribution in [0.4, 0.5) is 5.95 Å². The second kappa shape index (κ2) is 5.41. The monoisotopic (exact) mass is 284 g/mol. The maximum absolute atomic E-state index is 11.6. The van der Waals surface area contributed by atoms with Crippen molar-refractivity contribution in [2.75, 3.05) is 5.73 Å². The van der Waals surface area contributed by atoms with E-state index in [1.54, 1.807) is 6.21 Å². The van der Waals surface area contributed by atoms with E-state index in [4.69, 9.17) is 5.73 Å². The number of nitrogens with one attached hydrogen (secondary N) is 2. The summed E-state index contributed by atoms with van der Waals surface area (Å²) in [5.74, 6) is -0.353. The first kappa shape index (κ1) is 12.8. The molecule has 0 atom stereocenters. The van der Waals surface area contributed by atoms with Gasteiger partial charge in [0.2, 0.25) is 0 Å². The second-order valence-corrected chi connectivity index (χ2v) is 4.26. The highest BCUT2D eigenvalue weighted by atomic mass is 16.2.